The molecule has 0 aliphatic heterocycles. The number of benzene rings is 2. The average Bonchev–Trinajstić information content (AvgIpc) is 2.60. The van der Waals surface area contributed by atoms with Crippen molar-refractivity contribution >= 4 is 21.6 Å². The highest BCUT2D eigenvalue weighted by atomic mass is 32.2. The first-order valence-electron chi connectivity index (χ1n) is 8.47. The van der Waals surface area contributed by atoms with Gasteiger partial charge in [0.25, 0.3) is 0 Å². The smallest absolute Gasteiger partial charge is 0.243 e. The minimum atomic E-state index is -3.80. The van der Waals surface area contributed by atoms with Crippen LogP contribution >= 0.6 is 0 Å². The van der Waals surface area contributed by atoms with Crippen LogP contribution in [0.2, 0.25) is 0 Å². The third-order valence-corrected chi connectivity index (χ3v) is 5.12. The monoisotopic (exact) mass is 394 g/mol. The molecule has 0 aromatic heterocycles. The minimum Gasteiger partial charge on any atom is -0.494 e. The number of amides is 1. The van der Waals surface area contributed by atoms with E-state index in [1.54, 1.807) is 6.07 Å². The highest BCUT2D eigenvalue weighted by Crippen LogP contribution is 2.22. The van der Waals surface area contributed by atoms with Crippen molar-refractivity contribution in [3.05, 3.63) is 59.9 Å². The van der Waals surface area contributed by atoms with Crippen LogP contribution in [0.15, 0.2) is 48.5 Å². The van der Waals surface area contributed by atoms with Gasteiger partial charge in [-0.2, -0.15) is 0 Å². The van der Waals surface area contributed by atoms with Crippen LogP contribution in [-0.4, -0.2) is 33.2 Å². The van der Waals surface area contributed by atoms with E-state index in [1.165, 1.54) is 25.1 Å². The molecule has 2 rings (SSSR count). The molecule has 0 spiro atoms. The Morgan fingerprint density at radius 2 is 1.93 bits per heavy atom. The number of anilines is 1. The lowest BCUT2D eigenvalue weighted by atomic mass is 10.2. The van der Waals surface area contributed by atoms with Crippen LogP contribution in [0.4, 0.5) is 10.1 Å². The molecule has 1 atom stereocenters. The first kappa shape index (κ1) is 20.7. The highest BCUT2D eigenvalue weighted by Gasteiger charge is 2.29. The highest BCUT2D eigenvalue weighted by molar-refractivity contribution is 7.92. The lowest BCUT2D eigenvalue weighted by Gasteiger charge is -2.28. The molecule has 0 heterocycles. The first-order chi connectivity index (χ1) is 12.7. The van der Waals surface area contributed by atoms with E-state index in [2.05, 4.69) is 5.32 Å². The van der Waals surface area contributed by atoms with Gasteiger partial charge in [0.1, 0.15) is 17.6 Å². The summed E-state index contributed by atoms with van der Waals surface area (Å²) in [5, 5.41) is 2.72. The summed E-state index contributed by atoms with van der Waals surface area (Å²) >= 11 is 0. The van der Waals surface area contributed by atoms with Crippen LogP contribution in [-0.2, 0) is 21.4 Å². The Hall–Kier alpha value is -2.61. The number of hydrogen-bond donors (Lipinski definition) is 1. The van der Waals surface area contributed by atoms with Crippen LogP contribution in [0, 0.1) is 5.82 Å². The predicted octanol–water partition coefficient (Wildman–Crippen LogP) is 2.70. The van der Waals surface area contributed by atoms with Gasteiger partial charge in [0, 0.05) is 12.1 Å². The van der Waals surface area contributed by atoms with Gasteiger partial charge in [0.05, 0.1) is 18.6 Å². The van der Waals surface area contributed by atoms with Crippen molar-refractivity contribution in [1.29, 1.82) is 0 Å². The van der Waals surface area contributed by atoms with Crippen molar-refractivity contribution in [2.75, 3.05) is 17.2 Å². The number of carbonyl (C=O) groups is 1. The van der Waals surface area contributed by atoms with E-state index in [0.29, 0.717) is 12.4 Å². The van der Waals surface area contributed by atoms with Gasteiger partial charge < -0.3 is 10.1 Å². The molecule has 8 heteroatoms. The van der Waals surface area contributed by atoms with Gasteiger partial charge in [-0.25, -0.2) is 12.8 Å². The number of halogens is 1. The van der Waals surface area contributed by atoms with Crippen LogP contribution < -0.4 is 14.4 Å². The van der Waals surface area contributed by atoms with Crippen molar-refractivity contribution in [2.24, 2.45) is 0 Å². The number of nitrogens with zero attached hydrogens (tertiary/aromatic N) is 1. The fourth-order valence-corrected chi connectivity index (χ4v) is 3.86. The van der Waals surface area contributed by atoms with Gasteiger partial charge in [-0.1, -0.05) is 24.3 Å². The molecule has 1 N–H and O–H groups in total. The fraction of sp³-hybridized carbons (Fsp3) is 0.316. The van der Waals surface area contributed by atoms with Gasteiger partial charge in [0.2, 0.25) is 15.9 Å². The van der Waals surface area contributed by atoms with Crippen LogP contribution in [0.1, 0.15) is 19.4 Å². The van der Waals surface area contributed by atoms with Gasteiger partial charge in [-0.05, 0) is 38.1 Å². The molecule has 146 valence electrons. The fourth-order valence-electron chi connectivity index (χ4n) is 2.70. The Labute approximate surface area is 159 Å². The lowest BCUT2D eigenvalue weighted by Crippen LogP contribution is -2.47. The van der Waals surface area contributed by atoms with Crippen molar-refractivity contribution in [3.8, 4) is 5.75 Å². The van der Waals surface area contributed by atoms with Crippen LogP contribution in [0.3, 0.4) is 0 Å². The van der Waals surface area contributed by atoms with E-state index in [9.17, 15) is 17.6 Å². The standard InChI is InChI=1S/C19H23FN2O4S/c1-4-26-18-11-6-5-8-15(18)13-21-19(23)14(2)22(27(3,24)25)17-10-7-9-16(20)12-17/h5-12,14H,4,13H2,1-3H3,(H,21,23)/t14-/m0/s1. The van der Waals surface area contributed by atoms with Crippen molar-refractivity contribution in [3.63, 3.8) is 0 Å². The van der Waals surface area contributed by atoms with Crippen molar-refractivity contribution in [1.82, 2.24) is 5.32 Å². The Morgan fingerprint density at radius 3 is 2.56 bits per heavy atom. The zero-order valence-electron chi connectivity index (χ0n) is 15.5. The molecule has 0 bridgehead atoms. The van der Waals surface area contributed by atoms with Gasteiger partial charge in [0.15, 0.2) is 0 Å². The summed E-state index contributed by atoms with van der Waals surface area (Å²) < 4.78 is 44.4. The van der Waals surface area contributed by atoms with Crippen molar-refractivity contribution in [2.45, 2.75) is 26.4 Å². The average molecular weight is 394 g/mol. The van der Waals surface area contributed by atoms with E-state index >= 15 is 0 Å². The van der Waals surface area contributed by atoms with Crippen LogP contribution in [0.5, 0.6) is 5.75 Å². The Balaban J connectivity index is 2.19. The molecule has 2 aromatic rings. The molecule has 6 nitrogen and oxygen atoms in total. The maximum Gasteiger partial charge on any atom is 0.243 e. The zero-order valence-corrected chi connectivity index (χ0v) is 16.3. The second-order valence-electron chi connectivity index (χ2n) is 5.97. The maximum atomic E-state index is 13.5. The third-order valence-electron chi connectivity index (χ3n) is 3.88. The molecular weight excluding hydrogens is 371 g/mol. The number of hydrogen-bond acceptors (Lipinski definition) is 4. The largest absolute Gasteiger partial charge is 0.494 e. The van der Waals surface area contributed by atoms with Crippen LogP contribution in [0.25, 0.3) is 0 Å². The molecule has 2 aromatic carbocycles. The molecule has 1 amide bonds. The van der Waals surface area contributed by atoms with E-state index in [4.69, 9.17) is 4.74 Å². The normalized spacial score (nSPS) is 12.3. The molecule has 0 aliphatic carbocycles. The minimum absolute atomic E-state index is 0.0925. The second-order valence-corrected chi connectivity index (χ2v) is 7.83. The Bertz CT molecular complexity index is 902. The SMILES string of the molecule is CCOc1ccccc1CNC(=O)[C@H](C)N(c1cccc(F)c1)S(C)(=O)=O. The molecule has 27 heavy (non-hydrogen) atoms. The molecule has 0 aliphatic rings. The second kappa shape index (κ2) is 8.85. The molecule has 0 saturated heterocycles. The predicted molar refractivity (Wildman–Crippen MR) is 103 cm³/mol. The molecule has 0 fully saturated rings. The number of rotatable bonds is 8. The first-order valence-corrected chi connectivity index (χ1v) is 10.3. The number of nitrogens with one attached hydrogen (secondary N) is 1. The molecule has 0 radical (unpaired) electrons. The quantitative estimate of drug-likeness (QED) is 0.747. The van der Waals surface area contributed by atoms with E-state index in [0.717, 1.165) is 22.2 Å². The summed E-state index contributed by atoms with van der Waals surface area (Å²) in [6, 6.07) is 11.3. The zero-order chi connectivity index (χ0) is 20.0. The summed E-state index contributed by atoms with van der Waals surface area (Å²) in [5.74, 6) is -0.437. The Morgan fingerprint density at radius 1 is 1.22 bits per heavy atom. The summed E-state index contributed by atoms with van der Waals surface area (Å²) in [4.78, 5) is 12.6. The molecular formula is C19H23FN2O4S. The summed E-state index contributed by atoms with van der Waals surface area (Å²) in [6.45, 7) is 3.99. The van der Waals surface area contributed by atoms with Gasteiger partial charge in [-0.15, -0.1) is 0 Å². The lowest BCUT2D eigenvalue weighted by molar-refractivity contribution is -0.122. The van der Waals surface area contributed by atoms with E-state index in [1.807, 2.05) is 25.1 Å². The number of ether oxygens (including phenoxy) is 1. The topological polar surface area (TPSA) is 75.7 Å². The summed E-state index contributed by atoms with van der Waals surface area (Å²) in [7, 11) is -3.80. The molecule has 0 saturated carbocycles. The van der Waals surface area contributed by atoms with Gasteiger partial charge >= 0.3 is 0 Å². The third kappa shape index (κ3) is 5.43. The summed E-state index contributed by atoms with van der Waals surface area (Å²) in [6.07, 6.45) is 0.978. The van der Waals surface area contributed by atoms with Gasteiger partial charge in [-0.3, -0.25) is 9.10 Å². The Kier molecular flexibility index (Phi) is 6.79. The maximum absolute atomic E-state index is 13.5. The number of sulfonamides is 1. The van der Waals surface area contributed by atoms with Crippen molar-refractivity contribution < 1.29 is 22.3 Å². The van der Waals surface area contributed by atoms with E-state index in [-0.39, 0.29) is 12.2 Å². The summed E-state index contributed by atoms with van der Waals surface area (Å²) in [5.41, 5.74) is 0.867. The number of carbonyl (C=O) groups excluding carboxylic acids is 1. The number of para-hydroxylation sites is 1. The van der Waals surface area contributed by atoms with E-state index < -0.39 is 27.8 Å². The molecule has 0 unspecified atom stereocenters.